The third kappa shape index (κ3) is 4.18. The third-order valence-electron chi connectivity index (χ3n) is 10.2. The van der Waals surface area contributed by atoms with Crippen LogP contribution in [0, 0.1) is 0 Å². The normalized spacial score (nSPS) is 13.0. The number of nitrogens with zero attached hydrogens (tertiary/aromatic N) is 1. The van der Waals surface area contributed by atoms with Crippen LogP contribution >= 0.6 is 0 Å². The second kappa shape index (κ2) is 10.7. The lowest BCUT2D eigenvalue weighted by molar-refractivity contribution is 1.15. The second-order valence-corrected chi connectivity index (χ2v) is 12.9. The number of hydrogen-bond acceptors (Lipinski definition) is 1. The lowest BCUT2D eigenvalue weighted by Gasteiger charge is -2.33. The molecular formula is C47H31N. The van der Waals surface area contributed by atoms with Crippen LogP contribution in [0.4, 0.5) is 11.4 Å². The molecular weight excluding hydrogens is 579 g/mol. The van der Waals surface area contributed by atoms with Gasteiger partial charge >= 0.3 is 0 Å². The topological polar surface area (TPSA) is 3.24 Å². The first-order valence-corrected chi connectivity index (χ1v) is 16.7. The molecule has 0 N–H and O–H groups in total. The van der Waals surface area contributed by atoms with E-state index in [1.165, 1.54) is 87.9 Å². The maximum atomic E-state index is 2.44. The number of allylic oxidation sites excluding steroid dienone is 1. The fraction of sp³-hybridized carbons (Fsp3) is 0.0213. The summed E-state index contributed by atoms with van der Waals surface area (Å²) < 4.78 is 0. The first-order chi connectivity index (χ1) is 23.8. The van der Waals surface area contributed by atoms with Gasteiger partial charge in [0.2, 0.25) is 0 Å². The van der Waals surface area contributed by atoms with E-state index in [2.05, 4.69) is 181 Å². The smallest absolute Gasteiger partial charge is 0.0497 e. The molecule has 1 aliphatic rings. The maximum Gasteiger partial charge on any atom is 0.0497 e. The summed E-state index contributed by atoms with van der Waals surface area (Å²) in [7, 11) is 0. The highest BCUT2D eigenvalue weighted by atomic mass is 15.2. The molecule has 1 nitrogen and oxygen atoms in total. The first-order valence-electron chi connectivity index (χ1n) is 16.7. The Morgan fingerprint density at radius 2 is 1.04 bits per heavy atom. The molecule has 1 heterocycles. The highest BCUT2D eigenvalue weighted by molar-refractivity contribution is 6.25. The second-order valence-electron chi connectivity index (χ2n) is 12.9. The molecule has 1 heteroatoms. The molecule has 0 saturated heterocycles. The van der Waals surface area contributed by atoms with E-state index in [1.54, 1.807) is 0 Å². The fourth-order valence-electron chi connectivity index (χ4n) is 7.95. The monoisotopic (exact) mass is 609 g/mol. The van der Waals surface area contributed by atoms with Crippen molar-refractivity contribution in [2.75, 3.05) is 4.90 Å². The van der Waals surface area contributed by atoms with Crippen molar-refractivity contribution in [1.82, 2.24) is 0 Å². The third-order valence-corrected chi connectivity index (χ3v) is 10.2. The van der Waals surface area contributed by atoms with Gasteiger partial charge in [0.1, 0.15) is 0 Å². The van der Waals surface area contributed by atoms with Crippen LogP contribution in [0.1, 0.15) is 11.1 Å². The van der Waals surface area contributed by atoms with Crippen LogP contribution in [0.3, 0.4) is 0 Å². The van der Waals surface area contributed by atoms with Crippen molar-refractivity contribution < 1.29 is 0 Å². The molecule has 0 radical (unpaired) electrons. The summed E-state index contributed by atoms with van der Waals surface area (Å²) in [5.74, 6) is 0. The summed E-state index contributed by atoms with van der Waals surface area (Å²) in [6.45, 7) is 0. The molecule has 0 saturated carbocycles. The minimum Gasteiger partial charge on any atom is -0.310 e. The molecule has 0 spiro atoms. The van der Waals surface area contributed by atoms with E-state index in [9.17, 15) is 0 Å². The Balaban J connectivity index is 1.10. The first kappa shape index (κ1) is 27.0. The maximum absolute atomic E-state index is 2.44. The van der Waals surface area contributed by atoms with Crippen LogP contribution in [0.15, 0.2) is 176 Å². The summed E-state index contributed by atoms with van der Waals surface area (Å²) in [5.41, 5.74) is 11.2. The van der Waals surface area contributed by atoms with Gasteiger partial charge in [-0.25, -0.2) is 0 Å². The van der Waals surface area contributed by atoms with Gasteiger partial charge in [-0.2, -0.15) is 0 Å². The van der Waals surface area contributed by atoms with E-state index in [4.69, 9.17) is 0 Å². The fourth-order valence-corrected chi connectivity index (χ4v) is 7.95. The molecule has 0 aliphatic carbocycles. The highest BCUT2D eigenvalue weighted by Crippen LogP contribution is 2.44. The molecule has 9 aromatic carbocycles. The SMILES string of the molecule is C1=C(c2ccccc2)N(c2ccc(-c3cccc4ccccc34)cc2)c2ccc(-c3ccc4ccc5cccc6ccc3c4c56)cc2C1. The molecule has 0 bridgehead atoms. The van der Waals surface area contributed by atoms with Crippen molar-refractivity contribution in [2.45, 2.75) is 6.42 Å². The van der Waals surface area contributed by atoms with Gasteiger partial charge in [0.15, 0.2) is 0 Å². The van der Waals surface area contributed by atoms with Crippen LogP contribution in [0.25, 0.3) is 71.0 Å². The van der Waals surface area contributed by atoms with Crippen molar-refractivity contribution >= 4 is 60.2 Å². The van der Waals surface area contributed by atoms with Gasteiger partial charge in [-0.3, -0.25) is 0 Å². The van der Waals surface area contributed by atoms with E-state index in [0.29, 0.717) is 0 Å². The van der Waals surface area contributed by atoms with Crippen LogP contribution in [0.5, 0.6) is 0 Å². The van der Waals surface area contributed by atoms with Crippen LogP contribution < -0.4 is 4.90 Å². The Hall–Kier alpha value is -6.18. The van der Waals surface area contributed by atoms with E-state index in [0.717, 1.165) is 12.1 Å². The molecule has 0 fully saturated rings. The molecule has 1 aliphatic heterocycles. The Bertz CT molecular complexity index is 2660. The summed E-state index contributed by atoms with van der Waals surface area (Å²) in [6.07, 6.45) is 3.27. The van der Waals surface area contributed by atoms with Crippen molar-refractivity contribution in [3.8, 4) is 22.3 Å². The van der Waals surface area contributed by atoms with Crippen molar-refractivity contribution in [1.29, 1.82) is 0 Å². The zero-order valence-electron chi connectivity index (χ0n) is 26.4. The molecule has 0 atom stereocenters. The summed E-state index contributed by atoms with van der Waals surface area (Å²) in [4.78, 5) is 2.44. The number of anilines is 2. The zero-order chi connectivity index (χ0) is 31.6. The minimum atomic E-state index is 0.879. The molecule has 0 unspecified atom stereocenters. The van der Waals surface area contributed by atoms with Crippen LogP contribution in [0.2, 0.25) is 0 Å². The lowest BCUT2D eigenvalue weighted by Crippen LogP contribution is -2.20. The summed E-state index contributed by atoms with van der Waals surface area (Å²) in [5, 5.41) is 10.5. The quantitative estimate of drug-likeness (QED) is 0.179. The highest BCUT2D eigenvalue weighted by Gasteiger charge is 2.24. The number of benzene rings is 9. The van der Waals surface area contributed by atoms with Gasteiger partial charge in [0.05, 0.1) is 0 Å². The Morgan fingerprint density at radius 3 is 1.90 bits per heavy atom. The number of hydrogen-bond donors (Lipinski definition) is 0. The van der Waals surface area contributed by atoms with Crippen molar-refractivity contribution in [3.05, 3.63) is 187 Å². The van der Waals surface area contributed by atoms with Gasteiger partial charge in [-0.1, -0.05) is 152 Å². The van der Waals surface area contributed by atoms with Crippen molar-refractivity contribution in [3.63, 3.8) is 0 Å². The minimum absolute atomic E-state index is 0.879. The number of fused-ring (bicyclic) bond motifs is 2. The predicted octanol–water partition coefficient (Wildman–Crippen LogP) is 12.8. The standard InChI is InChI=1S/C47H31N/c1-2-9-33(10-3-1)44-29-23-38-30-37(42-26-20-36-17-16-34-12-6-13-35-21-27-43(42)47(36)46(34)35)22-28-45(38)48(44)39-24-18-32(19-25-39)41-15-7-11-31-8-4-5-14-40(31)41/h1-22,24-30H,23H2. The van der Waals surface area contributed by atoms with Gasteiger partial charge in [0.25, 0.3) is 0 Å². The van der Waals surface area contributed by atoms with Gasteiger partial charge in [0, 0.05) is 17.1 Å². The predicted molar refractivity (Wildman–Crippen MR) is 205 cm³/mol. The van der Waals surface area contributed by atoms with Crippen LogP contribution in [-0.4, -0.2) is 0 Å². The lowest BCUT2D eigenvalue weighted by atomic mass is 9.88. The van der Waals surface area contributed by atoms with Gasteiger partial charge in [-0.05, 0) is 107 Å². The average molecular weight is 610 g/mol. The Labute approximate surface area is 280 Å². The molecule has 224 valence electrons. The molecule has 0 aromatic heterocycles. The summed E-state index contributed by atoms with van der Waals surface area (Å²) >= 11 is 0. The Morgan fingerprint density at radius 1 is 0.396 bits per heavy atom. The molecule has 48 heavy (non-hydrogen) atoms. The van der Waals surface area contributed by atoms with Crippen molar-refractivity contribution in [2.24, 2.45) is 0 Å². The molecule has 9 aromatic rings. The van der Waals surface area contributed by atoms with E-state index in [1.807, 2.05) is 0 Å². The molecule has 10 rings (SSSR count). The Kier molecular flexibility index (Phi) is 6.01. The summed E-state index contributed by atoms with van der Waals surface area (Å²) in [6, 6.07) is 62.5. The average Bonchev–Trinajstić information content (AvgIpc) is 3.16. The molecule has 0 amide bonds. The van der Waals surface area contributed by atoms with Gasteiger partial charge in [-0.15, -0.1) is 0 Å². The zero-order valence-corrected chi connectivity index (χ0v) is 26.4. The van der Waals surface area contributed by atoms with Crippen LogP contribution in [-0.2, 0) is 6.42 Å². The van der Waals surface area contributed by atoms with Gasteiger partial charge < -0.3 is 4.90 Å². The van der Waals surface area contributed by atoms with E-state index < -0.39 is 0 Å². The number of rotatable bonds is 4. The van der Waals surface area contributed by atoms with E-state index >= 15 is 0 Å². The van der Waals surface area contributed by atoms with E-state index in [-0.39, 0.29) is 0 Å². The largest absolute Gasteiger partial charge is 0.310 e.